The molecular weight excluding hydrogens is 309 g/mol. The zero-order valence-corrected chi connectivity index (χ0v) is 12.4. The van der Waals surface area contributed by atoms with Gasteiger partial charge in [-0.05, 0) is 36.4 Å². The van der Waals surface area contributed by atoms with E-state index in [-0.39, 0.29) is 17.6 Å². The average molecular weight is 324 g/mol. The fourth-order valence-electron chi connectivity index (χ4n) is 2.07. The third-order valence-electron chi connectivity index (χ3n) is 3.01. The normalized spacial score (nSPS) is 12.2. The second kappa shape index (κ2) is 6.17. The number of methoxy groups -OCH3 is 1. The van der Waals surface area contributed by atoms with Crippen molar-refractivity contribution in [2.75, 3.05) is 14.2 Å². The molecule has 0 amide bonds. The summed E-state index contributed by atoms with van der Waals surface area (Å²) in [5, 5.41) is 3.20. The fourth-order valence-corrected chi connectivity index (χ4v) is 2.59. The molecule has 2 aromatic rings. The molecule has 0 bridgehead atoms. The van der Waals surface area contributed by atoms with Gasteiger partial charge < -0.3 is 10.1 Å². The summed E-state index contributed by atoms with van der Waals surface area (Å²) in [4.78, 5) is 0. The van der Waals surface area contributed by atoms with Crippen LogP contribution >= 0.6 is 15.9 Å². The number of hydrogen-bond acceptors (Lipinski definition) is 2. The molecular formula is C15H15BrFNO. The van der Waals surface area contributed by atoms with E-state index in [0.717, 1.165) is 15.6 Å². The van der Waals surface area contributed by atoms with Crippen LogP contribution in [-0.2, 0) is 0 Å². The Morgan fingerprint density at radius 1 is 1.21 bits per heavy atom. The Bertz CT molecular complexity index is 574. The van der Waals surface area contributed by atoms with Crippen LogP contribution < -0.4 is 10.1 Å². The van der Waals surface area contributed by atoms with Gasteiger partial charge in [-0.25, -0.2) is 4.39 Å². The van der Waals surface area contributed by atoms with Gasteiger partial charge in [-0.15, -0.1) is 0 Å². The lowest BCUT2D eigenvalue weighted by Crippen LogP contribution is -2.18. The first kappa shape index (κ1) is 14.0. The molecule has 100 valence electrons. The minimum absolute atomic E-state index is 0.0732. The molecule has 0 spiro atoms. The number of ether oxygens (including phenoxy) is 1. The third-order valence-corrected chi connectivity index (χ3v) is 3.74. The highest BCUT2D eigenvalue weighted by atomic mass is 79.9. The minimum atomic E-state index is -0.354. The van der Waals surface area contributed by atoms with Crippen LogP contribution in [0.4, 0.5) is 4.39 Å². The minimum Gasteiger partial charge on any atom is -0.494 e. The van der Waals surface area contributed by atoms with Crippen LogP contribution in [0.2, 0.25) is 0 Å². The zero-order valence-electron chi connectivity index (χ0n) is 10.8. The molecule has 0 aliphatic heterocycles. The van der Waals surface area contributed by atoms with E-state index in [2.05, 4.69) is 21.2 Å². The molecule has 1 atom stereocenters. The summed E-state index contributed by atoms with van der Waals surface area (Å²) in [5.41, 5.74) is 1.92. The van der Waals surface area contributed by atoms with Crippen molar-refractivity contribution in [2.45, 2.75) is 6.04 Å². The van der Waals surface area contributed by atoms with Gasteiger partial charge in [-0.3, -0.25) is 0 Å². The molecule has 2 rings (SSSR count). The van der Waals surface area contributed by atoms with Crippen molar-refractivity contribution in [1.82, 2.24) is 5.32 Å². The Balaban J connectivity index is 2.43. The first-order valence-corrected chi connectivity index (χ1v) is 6.71. The molecule has 2 nitrogen and oxygen atoms in total. The molecule has 0 aliphatic carbocycles. The molecule has 0 fully saturated rings. The highest BCUT2D eigenvalue weighted by molar-refractivity contribution is 9.10. The van der Waals surface area contributed by atoms with Crippen molar-refractivity contribution in [3.05, 3.63) is 63.9 Å². The van der Waals surface area contributed by atoms with E-state index in [4.69, 9.17) is 4.74 Å². The Morgan fingerprint density at radius 2 is 1.95 bits per heavy atom. The lowest BCUT2D eigenvalue weighted by atomic mass is 9.98. The van der Waals surface area contributed by atoms with E-state index in [9.17, 15) is 4.39 Å². The summed E-state index contributed by atoms with van der Waals surface area (Å²) in [6, 6.07) is 12.8. The standard InChI is InChI=1S/C15H15BrFNO/c1-18-15(11-5-3-4-6-12(11)16)10-7-8-14(19-2)13(17)9-10/h3-9,15,18H,1-2H3. The van der Waals surface area contributed by atoms with Crippen LogP contribution in [0.5, 0.6) is 5.75 Å². The highest BCUT2D eigenvalue weighted by Gasteiger charge is 2.16. The molecule has 0 aromatic heterocycles. The van der Waals surface area contributed by atoms with Crippen molar-refractivity contribution in [3.8, 4) is 5.75 Å². The predicted molar refractivity (Wildman–Crippen MR) is 78.0 cm³/mol. The van der Waals surface area contributed by atoms with Gasteiger partial charge in [0.2, 0.25) is 0 Å². The van der Waals surface area contributed by atoms with E-state index in [0.29, 0.717) is 0 Å². The van der Waals surface area contributed by atoms with Crippen molar-refractivity contribution in [2.24, 2.45) is 0 Å². The van der Waals surface area contributed by atoms with Crippen LogP contribution in [0, 0.1) is 5.82 Å². The van der Waals surface area contributed by atoms with Crippen LogP contribution in [0.3, 0.4) is 0 Å². The molecule has 0 radical (unpaired) electrons. The highest BCUT2D eigenvalue weighted by Crippen LogP contribution is 2.30. The summed E-state index contributed by atoms with van der Waals surface area (Å²) in [5.74, 6) is -0.0990. The number of hydrogen-bond donors (Lipinski definition) is 1. The largest absolute Gasteiger partial charge is 0.494 e. The van der Waals surface area contributed by atoms with Gasteiger partial charge in [-0.1, -0.05) is 40.2 Å². The fraction of sp³-hybridized carbons (Fsp3) is 0.200. The van der Waals surface area contributed by atoms with Gasteiger partial charge in [0.05, 0.1) is 13.2 Å². The van der Waals surface area contributed by atoms with Crippen molar-refractivity contribution < 1.29 is 9.13 Å². The maximum Gasteiger partial charge on any atom is 0.165 e. The van der Waals surface area contributed by atoms with Gasteiger partial charge in [-0.2, -0.15) is 0 Å². The van der Waals surface area contributed by atoms with E-state index in [1.807, 2.05) is 37.4 Å². The van der Waals surface area contributed by atoms with Crippen molar-refractivity contribution >= 4 is 15.9 Å². The van der Waals surface area contributed by atoms with Gasteiger partial charge in [0.25, 0.3) is 0 Å². The first-order chi connectivity index (χ1) is 9.17. The van der Waals surface area contributed by atoms with Gasteiger partial charge >= 0.3 is 0 Å². The number of benzene rings is 2. The lowest BCUT2D eigenvalue weighted by molar-refractivity contribution is 0.386. The van der Waals surface area contributed by atoms with Gasteiger partial charge in [0.1, 0.15) is 0 Å². The van der Waals surface area contributed by atoms with E-state index in [1.54, 1.807) is 6.07 Å². The molecule has 1 unspecified atom stereocenters. The Morgan fingerprint density at radius 3 is 2.53 bits per heavy atom. The summed E-state index contributed by atoms with van der Waals surface area (Å²) < 4.78 is 19.7. The molecule has 0 saturated carbocycles. The molecule has 0 aliphatic rings. The molecule has 4 heteroatoms. The zero-order chi connectivity index (χ0) is 13.8. The Labute approximate surface area is 120 Å². The maximum atomic E-state index is 13.8. The number of nitrogens with one attached hydrogen (secondary N) is 1. The monoisotopic (exact) mass is 323 g/mol. The second-order valence-electron chi connectivity index (χ2n) is 4.14. The average Bonchev–Trinajstić information content (AvgIpc) is 2.42. The lowest BCUT2D eigenvalue weighted by Gasteiger charge is -2.19. The van der Waals surface area contributed by atoms with Crippen LogP contribution in [0.1, 0.15) is 17.2 Å². The topological polar surface area (TPSA) is 21.3 Å². The van der Waals surface area contributed by atoms with Crippen LogP contribution in [0.25, 0.3) is 0 Å². The molecule has 19 heavy (non-hydrogen) atoms. The van der Waals surface area contributed by atoms with E-state index < -0.39 is 0 Å². The third kappa shape index (κ3) is 2.96. The summed E-state index contributed by atoms with van der Waals surface area (Å²) in [7, 11) is 3.31. The maximum absolute atomic E-state index is 13.8. The Hall–Kier alpha value is -1.39. The summed E-state index contributed by atoms with van der Waals surface area (Å²) in [6.45, 7) is 0. The molecule has 2 aromatic carbocycles. The van der Waals surface area contributed by atoms with Gasteiger partial charge in [0.15, 0.2) is 11.6 Å². The second-order valence-corrected chi connectivity index (χ2v) is 4.99. The predicted octanol–water partition coefficient (Wildman–Crippen LogP) is 3.91. The molecule has 0 saturated heterocycles. The molecule has 0 heterocycles. The van der Waals surface area contributed by atoms with E-state index in [1.165, 1.54) is 13.2 Å². The SMILES string of the molecule is CNC(c1ccc(OC)c(F)c1)c1ccccc1Br. The first-order valence-electron chi connectivity index (χ1n) is 5.92. The van der Waals surface area contributed by atoms with Crippen molar-refractivity contribution in [3.63, 3.8) is 0 Å². The van der Waals surface area contributed by atoms with Crippen LogP contribution in [0.15, 0.2) is 46.9 Å². The number of rotatable bonds is 4. The van der Waals surface area contributed by atoms with Gasteiger partial charge in [0, 0.05) is 4.47 Å². The van der Waals surface area contributed by atoms with Crippen molar-refractivity contribution in [1.29, 1.82) is 0 Å². The van der Waals surface area contributed by atoms with E-state index >= 15 is 0 Å². The summed E-state index contributed by atoms with van der Waals surface area (Å²) >= 11 is 3.52. The smallest absolute Gasteiger partial charge is 0.165 e. The molecule has 1 N–H and O–H groups in total. The number of halogens is 2. The quantitative estimate of drug-likeness (QED) is 0.921. The Kier molecular flexibility index (Phi) is 4.56. The summed E-state index contributed by atoms with van der Waals surface area (Å²) in [6.07, 6.45) is 0. The van der Waals surface area contributed by atoms with Crippen LogP contribution in [-0.4, -0.2) is 14.2 Å².